The highest BCUT2D eigenvalue weighted by atomic mass is 32.2. The van der Waals surface area contributed by atoms with E-state index >= 15 is 0 Å². The summed E-state index contributed by atoms with van der Waals surface area (Å²) >= 11 is 1.22. The first kappa shape index (κ1) is 19.6. The van der Waals surface area contributed by atoms with Crippen molar-refractivity contribution in [1.29, 1.82) is 0 Å². The molecule has 0 bridgehead atoms. The van der Waals surface area contributed by atoms with E-state index in [2.05, 4.69) is 14.9 Å². The second kappa shape index (κ2) is 7.58. The average Bonchev–Trinajstić information content (AvgIpc) is 3.12. The Labute approximate surface area is 167 Å². The van der Waals surface area contributed by atoms with Gasteiger partial charge in [-0.05, 0) is 55.7 Å². The van der Waals surface area contributed by atoms with E-state index in [0.717, 1.165) is 25.0 Å². The van der Waals surface area contributed by atoms with E-state index in [1.54, 1.807) is 18.5 Å². The van der Waals surface area contributed by atoms with Gasteiger partial charge in [0.15, 0.2) is 0 Å². The highest BCUT2D eigenvalue weighted by Gasteiger charge is 2.37. The molecule has 0 unspecified atom stereocenters. The fraction of sp³-hybridized carbons (Fsp3) is 0.524. The molecule has 2 fully saturated rings. The lowest BCUT2D eigenvalue weighted by atomic mass is 9.77. The zero-order valence-electron chi connectivity index (χ0n) is 15.9. The monoisotopic (exact) mass is 407 g/mol. The molecule has 3 nitrogen and oxygen atoms in total. The molecule has 1 saturated heterocycles. The predicted molar refractivity (Wildman–Crippen MR) is 105 cm³/mol. The van der Waals surface area contributed by atoms with Crippen molar-refractivity contribution in [2.24, 2.45) is 5.41 Å². The first-order chi connectivity index (χ1) is 13.4. The Morgan fingerprint density at radius 1 is 1.00 bits per heavy atom. The smallest absolute Gasteiger partial charge is 0.355 e. The van der Waals surface area contributed by atoms with Crippen LogP contribution < -0.4 is 4.90 Å². The number of anilines is 1. The van der Waals surface area contributed by atoms with Crippen LogP contribution in [0.1, 0.15) is 49.7 Å². The Morgan fingerprint density at radius 3 is 2.32 bits per heavy atom. The molecule has 2 aromatic rings. The maximum absolute atomic E-state index is 13.1. The standard InChI is InChI=1S/C21H24F3N3S/c1-15-16(21(22,23)24)5-4-6-17(15)28-19-14-25-18(13-26-19)27-11-9-20(10-12-27)7-2-3-8-20/h4-6,13-14H,2-3,7-12H2,1H3. The van der Waals surface area contributed by atoms with Crippen molar-refractivity contribution in [2.45, 2.75) is 61.5 Å². The van der Waals surface area contributed by atoms with Crippen LogP contribution in [0.15, 0.2) is 40.5 Å². The Morgan fingerprint density at radius 2 is 1.71 bits per heavy atom. The Kier molecular flexibility index (Phi) is 5.29. The van der Waals surface area contributed by atoms with Gasteiger partial charge in [-0.15, -0.1) is 0 Å². The van der Waals surface area contributed by atoms with Crippen molar-refractivity contribution in [3.8, 4) is 0 Å². The third-order valence-electron chi connectivity index (χ3n) is 6.23. The molecule has 1 aromatic heterocycles. The number of alkyl halides is 3. The summed E-state index contributed by atoms with van der Waals surface area (Å²) < 4.78 is 39.3. The maximum Gasteiger partial charge on any atom is 0.416 e. The summed E-state index contributed by atoms with van der Waals surface area (Å²) in [7, 11) is 0. The largest absolute Gasteiger partial charge is 0.416 e. The fourth-order valence-corrected chi connectivity index (χ4v) is 5.35. The number of rotatable bonds is 3. The lowest BCUT2D eigenvalue weighted by molar-refractivity contribution is -0.138. The van der Waals surface area contributed by atoms with Gasteiger partial charge in [0.25, 0.3) is 0 Å². The van der Waals surface area contributed by atoms with Crippen molar-refractivity contribution in [3.63, 3.8) is 0 Å². The van der Waals surface area contributed by atoms with Crippen molar-refractivity contribution >= 4 is 17.6 Å². The molecule has 0 atom stereocenters. The van der Waals surface area contributed by atoms with Crippen LogP contribution in [0.3, 0.4) is 0 Å². The first-order valence-electron chi connectivity index (χ1n) is 9.78. The predicted octanol–water partition coefficient (Wildman–Crippen LogP) is 6.12. The zero-order valence-corrected chi connectivity index (χ0v) is 16.7. The molecular weight excluding hydrogens is 383 g/mol. The summed E-state index contributed by atoms with van der Waals surface area (Å²) in [6.45, 7) is 3.52. The molecule has 2 heterocycles. The molecule has 7 heteroatoms. The molecule has 0 amide bonds. The molecule has 0 N–H and O–H groups in total. The lowest BCUT2D eigenvalue weighted by Gasteiger charge is -2.39. The van der Waals surface area contributed by atoms with Gasteiger partial charge in [-0.3, -0.25) is 0 Å². The second-order valence-electron chi connectivity index (χ2n) is 7.94. The summed E-state index contributed by atoms with van der Waals surface area (Å²) in [5, 5.41) is 0.607. The number of halogens is 3. The van der Waals surface area contributed by atoms with Crippen LogP contribution in [0.2, 0.25) is 0 Å². The topological polar surface area (TPSA) is 29.0 Å². The SMILES string of the molecule is Cc1c(Sc2cnc(N3CCC4(CCCC4)CC3)cn2)cccc1C(F)(F)F. The molecule has 1 aliphatic heterocycles. The molecule has 28 heavy (non-hydrogen) atoms. The van der Waals surface area contributed by atoms with E-state index in [-0.39, 0.29) is 5.56 Å². The quantitative estimate of drug-likeness (QED) is 0.613. The normalized spacial score (nSPS) is 19.4. The van der Waals surface area contributed by atoms with Crippen molar-refractivity contribution in [2.75, 3.05) is 18.0 Å². The van der Waals surface area contributed by atoms with Gasteiger partial charge in [0, 0.05) is 18.0 Å². The minimum atomic E-state index is -4.35. The summed E-state index contributed by atoms with van der Waals surface area (Å²) in [6, 6.07) is 4.24. The molecular formula is C21H24F3N3S. The van der Waals surface area contributed by atoms with Gasteiger partial charge >= 0.3 is 6.18 Å². The minimum absolute atomic E-state index is 0.226. The number of benzene rings is 1. The average molecular weight is 408 g/mol. The Hall–Kier alpha value is -1.76. The highest BCUT2D eigenvalue weighted by molar-refractivity contribution is 7.99. The summed E-state index contributed by atoms with van der Waals surface area (Å²) in [5.74, 6) is 0.859. The van der Waals surface area contributed by atoms with Crippen LogP contribution in [-0.2, 0) is 6.18 Å². The minimum Gasteiger partial charge on any atom is -0.355 e. The Balaban J connectivity index is 1.43. The van der Waals surface area contributed by atoms with Crippen molar-refractivity contribution in [1.82, 2.24) is 9.97 Å². The van der Waals surface area contributed by atoms with Gasteiger partial charge in [-0.25, -0.2) is 9.97 Å². The van der Waals surface area contributed by atoms with Crippen LogP contribution in [0, 0.1) is 12.3 Å². The van der Waals surface area contributed by atoms with Gasteiger partial charge < -0.3 is 4.90 Å². The number of hydrogen-bond donors (Lipinski definition) is 0. The molecule has 4 rings (SSSR count). The van der Waals surface area contributed by atoms with Crippen LogP contribution in [0.5, 0.6) is 0 Å². The van der Waals surface area contributed by atoms with E-state index in [9.17, 15) is 13.2 Å². The van der Waals surface area contributed by atoms with Gasteiger partial charge in [0.2, 0.25) is 0 Å². The van der Waals surface area contributed by atoms with Crippen molar-refractivity contribution in [3.05, 3.63) is 41.7 Å². The molecule has 2 aliphatic rings. The van der Waals surface area contributed by atoms with Gasteiger partial charge in [0.05, 0.1) is 18.0 Å². The fourth-order valence-electron chi connectivity index (χ4n) is 4.51. The Bertz CT molecular complexity index is 820. The maximum atomic E-state index is 13.1. The van der Waals surface area contributed by atoms with Gasteiger partial charge in [0.1, 0.15) is 10.8 Å². The highest BCUT2D eigenvalue weighted by Crippen LogP contribution is 2.46. The number of piperidine rings is 1. The molecule has 1 spiro atoms. The van der Waals surface area contributed by atoms with E-state index < -0.39 is 11.7 Å². The molecule has 1 aliphatic carbocycles. The molecule has 1 saturated carbocycles. The summed E-state index contributed by atoms with van der Waals surface area (Å²) in [6.07, 6.45) is 6.94. The second-order valence-corrected chi connectivity index (χ2v) is 9.00. The van der Waals surface area contributed by atoms with Crippen LogP contribution in [-0.4, -0.2) is 23.1 Å². The van der Waals surface area contributed by atoms with E-state index in [1.165, 1.54) is 63.3 Å². The van der Waals surface area contributed by atoms with E-state index in [0.29, 0.717) is 15.3 Å². The summed E-state index contributed by atoms with van der Waals surface area (Å²) in [5.41, 5.74) is 0.181. The van der Waals surface area contributed by atoms with E-state index in [4.69, 9.17) is 0 Å². The van der Waals surface area contributed by atoms with Gasteiger partial charge in [-0.1, -0.05) is 30.7 Å². The van der Waals surface area contributed by atoms with Crippen LogP contribution in [0.4, 0.5) is 19.0 Å². The van der Waals surface area contributed by atoms with Crippen LogP contribution in [0.25, 0.3) is 0 Å². The van der Waals surface area contributed by atoms with E-state index in [1.807, 2.05) is 0 Å². The lowest BCUT2D eigenvalue weighted by Crippen LogP contribution is -2.39. The van der Waals surface area contributed by atoms with Crippen molar-refractivity contribution < 1.29 is 13.2 Å². The number of hydrogen-bond acceptors (Lipinski definition) is 4. The molecule has 150 valence electrons. The third kappa shape index (κ3) is 4.00. The van der Waals surface area contributed by atoms with Crippen LogP contribution >= 0.6 is 11.8 Å². The summed E-state index contributed by atoms with van der Waals surface area (Å²) in [4.78, 5) is 11.8. The number of aromatic nitrogens is 2. The third-order valence-corrected chi connectivity index (χ3v) is 7.31. The molecule has 0 radical (unpaired) electrons. The zero-order chi connectivity index (χ0) is 19.8. The number of nitrogens with zero attached hydrogens (tertiary/aromatic N) is 3. The molecule has 1 aromatic carbocycles. The first-order valence-corrected chi connectivity index (χ1v) is 10.6. The van der Waals surface area contributed by atoms with Gasteiger partial charge in [-0.2, -0.15) is 13.2 Å².